The molecule has 1 aliphatic heterocycles. The number of hydrogen-bond acceptors (Lipinski definition) is 4. The van der Waals surface area contributed by atoms with Gasteiger partial charge in [0.05, 0.1) is 19.6 Å². The summed E-state index contributed by atoms with van der Waals surface area (Å²) in [7, 11) is 1.61. The molecule has 6 heteroatoms. The highest BCUT2D eigenvalue weighted by Crippen LogP contribution is 2.18. The van der Waals surface area contributed by atoms with E-state index in [1.165, 1.54) is 0 Å². The Labute approximate surface area is 130 Å². The molecule has 1 fully saturated rings. The molecule has 1 aliphatic rings. The fourth-order valence-electron chi connectivity index (χ4n) is 2.50. The maximum atomic E-state index is 12.3. The smallest absolute Gasteiger partial charge is 0.251 e. The summed E-state index contributed by atoms with van der Waals surface area (Å²) in [6, 6.07) is 7.52. The maximum absolute atomic E-state index is 12.3. The summed E-state index contributed by atoms with van der Waals surface area (Å²) in [5.74, 6) is 0.0605. The van der Waals surface area contributed by atoms with Crippen LogP contribution in [-0.2, 0) is 20.9 Å². The van der Waals surface area contributed by atoms with Gasteiger partial charge in [0.15, 0.2) is 0 Å². The zero-order chi connectivity index (χ0) is 16.1. The quantitative estimate of drug-likeness (QED) is 0.848. The fraction of sp³-hybridized carbons (Fsp3) is 0.500. The van der Waals surface area contributed by atoms with E-state index in [9.17, 15) is 9.59 Å². The van der Waals surface area contributed by atoms with E-state index in [0.717, 1.165) is 11.3 Å². The van der Waals surface area contributed by atoms with Gasteiger partial charge >= 0.3 is 0 Å². The first kappa shape index (κ1) is 16.3. The number of benzene rings is 1. The number of hydrogen-bond donors (Lipinski definition) is 1. The number of likely N-dealkylation sites (tertiary alicyclic amines) is 1. The van der Waals surface area contributed by atoms with E-state index in [4.69, 9.17) is 15.2 Å². The van der Waals surface area contributed by atoms with Gasteiger partial charge in [-0.1, -0.05) is 12.1 Å². The number of ether oxygens (including phenoxy) is 2. The van der Waals surface area contributed by atoms with Crippen molar-refractivity contribution in [2.24, 2.45) is 11.7 Å². The maximum Gasteiger partial charge on any atom is 0.251 e. The molecule has 0 unspecified atom stereocenters. The number of rotatable bonds is 6. The summed E-state index contributed by atoms with van der Waals surface area (Å²) in [4.78, 5) is 25.1. The van der Waals surface area contributed by atoms with E-state index < -0.39 is 6.10 Å². The number of carbonyl (C=O) groups excluding carboxylic acids is 2. The Morgan fingerprint density at radius 2 is 2.23 bits per heavy atom. The molecule has 0 radical (unpaired) electrons. The largest absolute Gasteiger partial charge is 0.497 e. The second kappa shape index (κ2) is 7.26. The third-order valence-electron chi connectivity index (χ3n) is 3.88. The number of nitrogens with zero attached hydrogens (tertiary/aromatic N) is 1. The van der Waals surface area contributed by atoms with Crippen molar-refractivity contribution in [2.45, 2.75) is 26.1 Å². The lowest BCUT2D eigenvalue weighted by atomic mass is 10.1. The van der Waals surface area contributed by atoms with Crippen molar-refractivity contribution in [1.29, 1.82) is 0 Å². The first-order valence-electron chi connectivity index (χ1n) is 7.34. The van der Waals surface area contributed by atoms with Crippen molar-refractivity contribution in [1.82, 2.24) is 4.90 Å². The lowest BCUT2D eigenvalue weighted by molar-refractivity contribution is -0.142. The number of carbonyl (C=O) groups is 2. The van der Waals surface area contributed by atoms with Crippen LogP contribution in [0.5, 0.6) is 5.75 Å². The monoisotopic (exact) mass is 306 g/mol. The van der Waals surface area contributed by atoms with Gasteiger partial charge in [0.2, 0.25) is 5.91 Å². The lowest BCUT2D eigenvalue weighted by Crippen LogP contribution is -2.38. The Morgan fingerprint density at radius 1 is 1.45 bits per heavy atom. The minimum Gasteiger partial charge on any atom is -0.497 e. The van der Waals surface area contributed by atoms with E-state index in [-0.39, 0.29) is 17.7 Å². The minimum atomic E-state index is -0.558. The third-order valence-corrected chi connectivity index (χ3v) is 3.88. The summed E-state index contributed by atoms with van der Waals surface area (Å²) in [6.07, 6.45) is 0.0711. The van der Waals surface area contributed by atoms with E-state index in [2.05, 4.69) is 0 Å². The van der Waals surface area contributed by atoms with Crippen LogP contribution < -0.4 is 10.5 Å². The van der Waals surface area contributed by atoms with Crippen LogP contribution in [0.1, 0.15) is 18.9 Å². The number of amides is 2. The average molecular weight is 306 g/mol. The second-order valence-corrected chi connectivity index (χ2v) is 5.48. The summed E-state index contributed by atoms with van der Waals surface area (Å²) in [5, 5.41) is 0. The summed E-state index contributed by atoms with van der Waals surface area (Å²) in [5.41, 5.74) is 6.22. The molecule has 2 amide bonds. The molecule has 1 saturated heterocycles. The zero-order valence-corrected chi connectivity index (χ0v) is 13.0. The van der Waals surface area contributed by atoms with Gasteiger partial charge < -0.3 is 20.1 Å². The van der Waals surface area contributed by atoms with Gasteiger partial charge in [-0.15, -0.1) is 0 Å². The van der Waals surface area contributed by atoms with Crippen LogP contribution in [0.25, 0.3) is 0 Å². The van der Waals surface area contributed by atoms with Crippen molar-refractivity contribution in [3.63, 3.8) is 0 Å². The first-order valence-corrected chi connectivity index (χ1v) is 7.34. The molecule has 0 aliphatic carbocycles. The van der Waals surface area contributed by atoms with E-state index >= 15 is 0 Å². The predicted octanol–water partition coefficient (Wildman–Crippen LogP) is 0.934. The highest BCUT2D eigenvalue weighted by molar-refractivity contribution is 5.83. The van der Waals surface area contributed by atoms with Gasteiger partial charge in [0.25, 0.3) is 5.91 Å². The zero-order valence-electron chi connectivity index (χ0n) is 13.0. The summed E-state index contributed by atoms with van der Waals surface area (Å²) in [6.45, 7) is 3.00. The molecule has 2 atom stereocenters. The van der Waals surface area contributed by atoms with Crippen LogP contribution in [0, 0.1) is 5.92 Å². The SMILES string of the molecule is COc1cccc(CO[C@@H](C)C(=O)N2CC[C@@H](C(N)=O)C2)c1. The molecular weight excluding hydrogens is 284 g/mol. The predicted molar refractivity (Wildman–Crippen MR) is 81.1 cm³/mol. The molecule has 1 aromatic carbocycles. The Hall–Kier alpha value is -2.08. The molecular formula is C16H22N2O4. The molecule has 0 aromatic heterocycles. The molecule has 2 rings (SSSR count). The molecule has 1 aromatic rings. The van der Waals surface area contributed by atoms with Gasteiger partial charge in [0.1, 0.15) is 11.9 Å². The van der Waals surface area contributed by atoms with E-state index in [0.29, 0.717) is 26.1 Å². The fourth-order valence-corrected chi connectivity index (χ4v) is 2.50. The van der Waals surface area contributed by atoms with Crippen LogP contribution in [0.4, 0.5) is 0 Å². The van der Waals surface area contributed by atoms with E-state index in [1.807, 2.05) is 24.3 Å². The Kier molecular flexibility index (Phi) is 5.38. The number of primary amides is 1. The third kappa shape index (κ3) is 3.98. The van der Waals surface area contributed by atoms with Gasteiger partial charge in [-0.25, -0.2) is 0 Å². The molecule has 1 heterocycles. The van der Waals surface area contributed by atoms with Crippen LogP contribution >= 0.6 is 0 Å². The second-order valence-electron chi connectivity index (χ2n) is 5.48. The van der Waals surface area contributed by atoms with Crippen molar-refractivity contribution in [3.8, 4) is 5.75 Å². The van der Waals surface area contributed by atoms with Crippen molar-refractivity contribution in [2.75, 3.05) is 20.2 Å². The van der Waals surface area contributed by atoms with Crippen molar-refractivity contribution < 1.29 is 19.1 Å². The lowest BCUT2D eigenvalue weighted by Gasteiger charge is -2.21. The highest BCUT2D eigenvalue weighted by Gasteiger charge is 2.31. The minimum absolute atomic E-state index is 0.105. The van der Waals surface area contributed by atoms with Gasteiger partial charge in [-0.3, -0.25) is 9.59 Å². The van der Waals surface area contributed by atoms with Crippen molar-refractivity contribution >= 4 is 11.8 Å². The van der Waals surface area contributed by atoms with Gasteiger partial charge in [0, 0.05) is 13.1 Å². The molecule has 0 saturated carbocycles. The average Bonchev–Trinajstić information content (AvgIpc) is 3.02. The molecule has 0 spiro atoms. The van der Waals surface area contributed by atoms with Gasteiger partial charge in [-0.2, -0.15) is 0 Å². The summed E-state index contributed by atoms with van der Waals surface area (Å²) < 4.78 is 10.8. The first-order chi connectivity index (χ1) is 10.5. The molecule has 6 nitrogen and oxygen atoms in total. The molecule has 22 heavy (non-hydrogen) atoms. The standard InChI is InChI=1S/C16H22N2O4/c1-11(16(20)18-7-6-13(9-18)15(17)19)22-10-12-4-3-5-14(8-12)21-2/h3-5,8,11,13H,6-7,9-10H2,1-2H3,(H2,17,19)/t11-,13+/m0/s1. The molecule has 120 valence electrons. The van der Waals surface area contributed by atoms with Crippen LogP contribution in [0.3, 0.4) is 0 Å². The van der Waals surface area contributed by atoms with Gasteiger partial charge in [-0.05, 0) is 31.0 Å². The number of methoxy groups -OCH3 is 1. The number of nitrogens with two attached hydrogens (primary N) is 1. The highest BCUT2D eigenvalue weighted by atomic mass is 16.5. The van der Waals surface area contributed by atoms with Crippen LogP contribution in [0.15, 0.2) is 24.3 Å². The van der Waals surface area contributed by atoms with Crippen molar-refractivity contribution in [3.05, 3.63) is 29.8 Å². The van der Waals surface area contributed by atoms with E-state index in [1.54, 1.807) is 18.9 Å². The topological polar surface area (TPSA) is 81.9 Å². The Bertz CT molecular complexity index is 547. The Balaban J connectivity index is 1.85. The summed E-state index contributed by atoms with van der Waals surface area (Å²) >= 11 is 0. The van der Waals surface area contributed by atoms with Crippen LogP contribution in [-0.4, -0.2) is 43.0 Å². The van der Waals surface area contributed by atoms with Crippen LogP contribution in [0.2, 0.25) is 0 Å². The molecule has 2 N–H and O–H groups in total. The Morgan fingerprint density at radius 3 is 2.86 bits per heavy atom. The molecule has 0 bridgehead atoms. The normalized spacial score (nSPS) is 19.0.